The van der Waals surface area contributed by atoms with Gasteiger partial charge in [-0.15, -0.1) is 0 Å². The predicted octanol–water partition coefficient (Wildman–Crippen LogP) is 3.66. The zero-order valence-corrected chi connectivity index (χ0v) is 11.7. The molecule has 0 radical (unpaired) electrons. The summed E-state index contributed by atoms with van der Waals surface area (Å²) in [6.45, 7) is 4.20. The summed E-state index contributed by atoms with van der Waals surface area (Å²) in [6.07, 6.45) is 5.20. The van der Waals surface area contributed by atoms with Crippen LogP contribution in [-0.4, -0.2) is 14.9 Å². The maximum absolute atomic E-state index is 11.0. The van der Waals surface area contributed by atoms with Crippen LogP contribution in [0.3, 0.4) is 0 Å². The summed E-state index contributed by atoms with van der Waals surface area (Å²) in [7, 11) is 0. The fraction of sp³-hybridized carbons (Fsp3) is 0.438. The van der Waals surface area contributed by atoms with E-state index in [-0.39, 0.29) is 0 Å². The van der Waals surface area contributed by atoms with E-state index in [4.69, 9.17) is 0 Å². The van der Waals surface area contributed by atoms with Crippen molar-refractivity contribution in [2.24, 2.45) is 0 Å². The molecule has 102 valence electrons. The van der Waals surface area contributed by atoms with Crippen LogP contribution in [0.25, 0.3) is 5.69 Å². The quantitative estimate of drug-likeness (QED) is 0.858. The molecule has 1 heterocycles. The minimum atomic E-state index is -0.782. The molecule has 1 N–H and O–H groups in total. The highest BCUT2D eigenvalue weighted by atomic mass is 16.3. The molecule has 2 aromatic rings. The molecule has 0 atom stereocenters. The molecule has 0 amide bonds. The first-order valence-electron chi connectivity index (χ1n) is 7.03. The van der Waals surface area contributed by atoms with Gasteiger partial charge in [0.15, 0.2) is 0 Å². The van der Waals surface area contributed by atoms with E-state index >= 15 is 0 Å². The van der Waals surface area contributed by atoms with Gasteiger partial charge in [-0.2, -0.15) is 5.10 Å². The fourth-order valence-electron chi connectivity index (χ4n) is 2.64. The average Bonchev–Trinajstić information content (AvgIpc) is 2.90. The summed E-state index contributed by atoms with van der Waals surface area (Å²) < 4.78 is 1.85. The second kappa shape index (κ2) is 6.02. The van der Waals surface area contributed by atoms with E-state index in [1.807, 2.05) is 41.1 Å². The maximum Gasteiger partial charge on any atom is 0.107 e. The molecule has 3 heteroatoms. The molecular weight excluding hydrogens is 236 g/mol. The van der Waals surface area contributed by atoms with Crippen LogP contribution in [0.1, 0.15) is 45.2 Å². The zero-order chi connectivity index (χ0) is 13.7. The molecule has 1 aromatic carbocycles. The van der Waals surface area contributed by atoms with Gasteiger partial charge in [0.2, 0.25) is 0 Å². The van der Waals surface area contributed by atoms with Crippen molar-refractivity contribution < 1.29 is 5.11 Å². The van der Waals surface area contributed by atoms with Gasteiger partial charge in [-0.1, -0.05) is 44.9 Å². The maximum atomic E-state index is 11.0. The third-order valence-electron chi connectivity index (χ3n) is 3.45. The number of hydrogen-bond donors (Lipinski definition) is 1. The summed E-state index contributed by atoms with van der Waals surface area (Å²) in [6, 6.07) is 11.9. The molecule has 1 aromatic heterocycles. The molecule has 19 heavy (non-hydrogen) atoms. The van der Waals surface area contributed by atoms with Crippen LogP contribution >= 0.6 is 0 Å². The molecule has 0 aliphatic carbocycles. The van der Waals surface area contributed by atoms with Crippen LogP contribution in [0.15, 0.2) is 42.6 Å². The van der Waals surface area contributed by atoms with E-state index in [1.165, 1.54) is 0 Å². The number of aliphatic hydroxyl groups is 1. The van der Waals surface area contributed by atoms with Crippen LogP contribution in [0.4, 0.5) is 0 Å². The predicted molar refractivity (Wildman–Crippen MR) is 77.3 cm³/mol. The van der Waals surface area contributed by atoms with Gasteiger partial charge in [0.05, 0.1) is 11.4 Å². The van der Waals surface area contributed by atoms with Gasteiger partial charge in [-0.05, 0) is 31.0 Å². The summed E-state index contributed by atoms with van der Waals surface area (Å²) in [5.41, 5.74) is 1.10. The molecule has 0 aliphatic heterocycles. The van der Waals surface area contributed by atoms with Crippen molar-refractivity contribution >= 4 is 0 Å². The topological polar surface area (TPSA) is 38.1 Å². The lowest BCUT2D eigenvalue weighted by Crippen LogP contribution is -2.28. The van der Waals surface area contributed by atoms with Crippen molar-refractivity contribution in [3.63, 3.8) is 0 Å². The molecule has 0 unspecified atom stereocenters. The average molecular weight is 258 g/mol. The van der Waals surface area contributed by atoms with Crippen molar-refractivity contribution in [2.45, 2.75) is 45.1 Å². The van der Waals surface area contributed by atoms with Crippen molar-refractivity contribution in [2.75, 3.05) is 0 Å². The number of aromatic nitrogens is 2. The smallest absolute Gasteiger partial charge is 0.107 e. The van der Waals surface area contributed by atoms with Crippen molar-refractivity contribution in [3.05, 3.63) is 48.3 Å². The van der Waals surface area contributed by atoms with E-state index in [9.17, 15) is 5.11 Å². The van der Waals surface area contributed by atoms with Crippen molar-refractivity contribution in [1.82, 2.24) is 9.78 Å². The number of hydrogen-bond acceptors (Lipinski definition) is 2. The highest BCUT2D eigenvalue weighted by molar-refractivity contribution is 5.33. The van der Waals surface area contributed by atoms with E-state index in [0.29, 0.717) is 0 Å². The van der Waals surface area contributed by atoms with Crippen molar-refractivity contribution in [3.8, 4) is 5.69 Å². The Morgan fingerprint density at radius 1 is 1.05 bits per heavy atom. The van der Waals surface area contributed by atoms with Crippen LogP contribution in [0.5, 0.6) is 0 Å². The largest absolute Gasteiger partial charge is 0.384 e. The SMILES string of the molecule is CCCC(O)(CCC)c1ccnn1-c1ccccc1. The lowest BCUT2D eigenvalue weighted by atomic mass is 9.89. The van der Waals surface area contributed by atoms with Crippen molar-refractivity contribution in [1.29, 1.82) is 0 Å². The lowest BCUT2D eigenvalue weighted by Gasteiger charge is -2.28. The van der Waals surface area contributed by atoms with Crippen LogP contribution < -0.4 is 0 Å². The number of rotatable bonds is 6. The second-order valence-corrected chi connectivity index (χ2v) is 5.00. The molecular formula is C16H22N2O. The molecule has 0 spiro atoms. The monoisotopic (exact) mass is 258 g/mol. The third kappa shape index (κ3) is 2.87. The highest BCUT2D eigenvalue weighted by Crippen LogP contribution is 2.32. The second-order valence-electron chi connectivity index (χ2n) is 5.00. The third-order valence-corrected chi connectivity index (χ3v) is 3.45. The number of benzene rings is 1. The Bertz CT molecular complexity index is 498. The molecule has 0 aliphatic rings. The molecule has 3 nitrogen and oxygen atoms in total. The molecule has 0 fully saturated rings. The van der Waals surface area contributed by atoms with Crippen LogP contribution in [-0.2, 0) is 5.60 Å². The molecule has 2 rings (SSSR count). The molecule has 0 saturated heterocycles. The van der Waals surface area contributed by atoms with Gasteiger partial charge in [0, 0.05) is 6.20 Å². The van der Waals surface area contributed by atoms with Gasteiger partial charge >= 0.3 is 0 Å². The first-order chi connectivity index (χ1) is 9.21. The fourth-order valence-corrected chi connectivity index (χ4v) is 2.64. The van der Waals surface area contributed by atoms with Gasteiger partial charge in [0.1, 0.15) is 5.60 Å². The lowest BCUT2D eigenvalue weighted by molar-refractivity contribution is 0.0105. The van der Waals surface area contributed by atoms with Gasteiger partial charge in [-0.25, -0.2) is 4.68 Å². The van der Waals surface area contributed by atoms with E-state index in [2.05, 4.69) is 18.9 Å². The minimum Gasteiger partial charge on any atom is -0.384 e. The first-order valence-corrected chi connectivity index (χ1v) is 7.03. The van der Waals surface area contributed by atoms with E-state index in [1.54, 1.807) is 6.20 Å². The Labute approximate surface area is 114 Å². The number of para-hydroxylation sites is 1. The Morgan fingerprint density at radius 2 is 1.68 bits per heavy atom. The first kappa shape index (κ1) is 13.8. The Balaban J connectivity index is 2.42. The van der Waals surface area contributed by atoms with Crippen LogP contribution in [0, 0.1) is 0 Å². The molecule has 0 saturated carbocycles. The standard InChI is InChI=1S/C16H22N2O/c1-3-11-16(19,12-4-2)15-10-13-17-18(15)14-8-6-5-7-9-14/h5-10,13,19H,3-4,11-12H2,1-2H3. The van der Waals surface area contributed by atoms with E-state index in [0.717, 1.165) is 37.1 Å². The summed E-state index contributed by atoms with van der Waals surface area (Å²) in [5.74, 6) is 0. The van der Waals surface area contributed by atoms with Gasteiger partial charge in [0.25, 0.3) is 0 Å². The normalized spacial score (nSPS) is 11.7. The van der Waals surface area contributed by atoms with Crippen LogP contribution in [0.2, 0.25) is 0 Å². The van der Waals surface area contributed by atoms with Gasteiger partial charge < -0.3 is 5.11 Å². The summed E-state index contributed by atoms with van der Waals surface area (Å²) >= 11 is 0. The summed E-state index contributed by atoms with van der Waals surface area (Å²) in [5, 5.41) is 15.3. The Hall–Kier alpha value is -1.61. The van der Waals surface area contributed by atoms with Gasteiger partial charge in [-0.3, -0.25) is 0 Å². The zero-order valence-electron chi connectivity index (χ0n) is 11.7. The highest BCUT2D eigenvalue weighted by Gasteiger charge is 2.31. The minimum absolute atomic E-state index is 0.763. The molecule has 0 bridgehead atoms. The Morgan fingerprint density at radius 3 is 2.26 bits per heavy atom. The van der Waals surface area contributed by atoms with E-state index < -0.39 is 5.60 Å². The number of nitrogens with zero attached hydrogens (tertiary/aromatic N) is 2. The Kier molecular flexibility index (Phi) is 4.38. The summed E-state index contributed by atoms with van der Waals surface area (Å²) in [4.78, 5) is 0.